The van der Waals surface area contributed by atoms with Crippen LogP contribution >= 0.6 is 45.9 Å². The van der Waals surface area contributed by atoms with Crippen LogP contribution in [0.1, 0.15) is 5.69 Å². The zero-order chi connectivity index (χ0) is 15.5. The molecule has 22 heavy (non-hydrogen) atoms. The molecule has 0 saturated heterocycles. The third-order valence-electron chi connectivity index (χ3n) is 2.86. The number of thiophene rings is 1. The van der Waals surface area contributed by atoms with E-state index < -0.39 is 0 Å². The number of anilines is 1. The van der Waals surface area contributed by atoms with Crippen molar-refractivity contribution in [3.8, 4) is 10.6 Å². The Balaban J connectivity index is 1.65. The molecular weight excluding hydrogens is 359 g/mol. The average molecular weight is 369 g/mol. The first kappa shape index (κ1) is 15.5. The molecule has 0 bridgehead atoms. The molecule has 3 aromatic rings. The summed E-state index contributed by atoms with van der Waals surface area (Å²) in [6, 6.07) is 7.00. The quantitative estimate of drug-likeness (QED) is 0.673. The predicted molar refractivity (Wildman–Crippen MR) is 94.2 cm³/mol. The maximum atomic E-state index is 12.1. The van der Waals surface area contributed by atoms with Crippen LogP contribution in [0.5, 0.6) is 0 Å². The number of aromatic nitrogens is 1. The van der Waals surface area contributed by atoms with Crippen LogP contribution in [0.25, 0.3) is 10.6 Å². The largest absolute Gasteiger partial charge is 0.326 e. The Hall–Kier alpha value is -1.40. The molecule has 0 atom stereocenters. The summed E-state index contributed by atoms with van der Waals surface area (Å²) in [5.41, 5.74) is 2.46. The van der Waals surface area contributed by atoms with Gasteiger partial charge < -0.3 is 5.32 Å². The van der Waals surface area contributed by atoms with Crippen molar-refractivity contribution in [1.29, 1.82) is 0 Å². The fourth-order valence-electron chi connectivity index (χ4n) is 1.85. The molecule has 7 heteroatoms. The zero-order valence-corrected chi connectivity index (χ0v) is 14.3. The topological polar surface area (TPSA) is 42.0 Å². The molecule has 0 aliphatic rings. The van der Waals surface area contributed by atoms with Crippen LogP contribution in [-0.2, 0) is 11.2 Å². The molecule has 2 aromatic heterocycles. The van der Waals surface area contributed by atoms with E-state index in [1.54, 1.807) is 29.5 Å². The number of halogens is 2. The fourth-order valence-corrected chi connectivity index (χ4v) is 3.68. The van der Waals surface area contributed by atoms with Crippen molar-refractivity contribution in [1.82, 2.24) is 4.98 Å². The van der Waals surface area contributed by atoms with Gasteiger partial charge >= 0.3 is 0 Å². The Kier molecular flexibility index (Phi) is 4.78. The Labute approximate surface area is 145 Å². The van der Waals surface area contributed by atoms with Gasteiger partial charge in [-0.05, 0) is 29.6 Å². The molecule has 0 spiro atoms. The lowest BCUT2D eigenvalue weighted by molar-refractivity contribution is -0.115. The van der Waals surface area contributed by atoms with Crippen LogP contribution in [0.2, 0.25) is 10.0 Å². The van der Waals surface area contributed by atoms with Gasteiger partial charge in [0, 0.05) is 22.0 Å². The Morgan fingerprint density at radius 3 is 2.77 bits per heavy atom. The van der Waals surface area contributed by atoms with Crippen molar-refractivity contribution in [2.24, 2.45) is 0 Å². The number of nitrogens with zero attached hydrogens (tertiary/aromatic N) is 1. The normalized spacial score (nSPS) is 10.6. The van der Waals surface area contributed by atoms with E-state index in [2.05, 4.69) is 10.3 Å². The lowest BCUT2D eigenvalue weighted by atomic mass is 10.2. The second-order valence-electron chi connectivity index (χ2n) is 4.51. The van der Waals surface area contributed by atoms with E-state index in [0.29, 0.717) is 15.7 Å². The van der Waals surface area contributed by atoms with Crippen LogP contribution in [0, 0.1) is 0 Å². The first-order chi connectivity index (χ1) is 10.6. The van der Waals surface area contributed by atoms with Crippen LogP contribution in [0.15, 0.2) is 40.4 Å². The molecule has 0 fully saturated rings. The number of rotatable bonds is 4. The molecule has 0 aliphatic carbocycles. The van der Waals surface area contributed by atoms with Gasteiger partial charge in [-0.2, -0.15) is 11.3 Å². The summed E-state index contributed by atoms with van der Waals surface area (Å²) in [6.45, 7) is 0. The summed E-state index contributed by atoms with van der Waals surface area (Å²) in [5.74, 6) is -0.138. The van der Waals surface area contributed by atoms with Crippen molar-refractivity contribution in [3.05, 3.63) is 56.1 Å². The van der Waals surface area contributed by atoms with Gasteiger partial charge in [0.1, 0.15) is 5.01 Å². The van der Waals surface area contributed by atoms with Gasteiger partial charge in [0.25, 0.3) is 0 Å². The number of thiazole rings is 1. The molecule has 3 rings (SSSR count). The summed E-state index contributed by atoms with van der Waals surface area (Å²) in [5, 5.41) is 10.5. The van der Waals surface area contributed by atoms with Crippen molar-refractivity contribution in [3.63, 3.8) is 0 Å². The van der Waals surface area contributed by atoms with Gasteiger partial charge in [0.05, 0.1) is 22.2 Å². The first-order valence-electron chi connectivity index (χ1n) is 6.34. The zero-order valence-electron chi connectivity index (χ0n) is 11.2. The van der Waals surface area contributed by atoms with Crippen LogP contribution in [-0.4, -0.2) is 10.9 Å². The van der Waals surface area contributed by atoms with Crippen LogP contribution < -0.4 is 5.32 Å². The lowest BCUT2D eigenvalue weighted by Gasteiger charge is -2.05. The van der Waals surface area contributed by atoms with Gasteiger partial charge in [-0.1, -0.05) is 23.2 Å². The third-order valence-corrected chi connectivity index (χ3v) is 5.23. The number of carbonyl (C=O) groups is 1. The van der Waals surface area contributed by atoms with Crippen LogP contribution in [0.4, 0.5) is 5.69 Å². The number of benzene rings is 1. The number of hydrogen-bond acceptors (Lipinski definition) is 4. The monoisotopic (exact) mass is 368 g/mol. The highest BCUT2D eigenvalue weighted by Gasteiger charge is 2.10. The van der Waals surface area contributed by atoms with E-state index in [1.165, 1.54) is 11.3 Å². The average Bonchev–Trinajstić information content (AvgIpc) is 3.13. The second kappa shape index (κ2) is 6.79. The molecular formula is C15H10Cl2N2OS2. The molecule has 0 radical (unpaired) electrons. The van der Waals surface area contributed by atoms with E-state index in [4.69, 9.17) is 23.2 Å². The smallest absolute Gasteiger partial charge is 0.230 e. The van der Waals surface area contributed by atoms with E-state index in [1.807, 2.05) is 22.2 Å². The van der Waals surface area contributed by atoms with Crippen molar-refractivity contribution in [2.75, 3.05) is 5.32 Å². The fraction of sp³-hybridized carbons (Fsp3) is 0.0667. The molecule has 0 unspecified atom stereocenters. The molecule has 112 valence electrons. The van der Waals surface area contributed by atoms with Gasteiger partial charge in [-0.25, -0.2) is 4.98 Å². The van der Waals surface area contributed by atoms with Crippen LogP contribution in [0.3, 0.4) is 0 Å². The standard InChI is InChI=1S/C15H10Cl2N2OS2/c16-12-2-1-10(5-13(12)17)18-14(20)6-11-8-22-15(19-11)9-3-4-21-7-9/h1-5,7-8H,6H2,(H,18,20). The summed E-state index contributed by atoms with van der Waals surface area (Å²) >= 11 is 14.9. The van der Waals surface area contributed by atoms with Crippen molar-refractivity contribution >= 4 is 57.5 Å². The molecule has 1 N–H and O–H groups in total. The summed E-state index contributed by atoms with van der Waals surface area (Å²) < 4.78 is 0. The molecule has 1 amide bonds. The van der Waals surface area contributed by atoms with E-state index >= 15 is 0 Å². The minimum absolute atomic E-state index is 0.138. The van der Waals surface area contributed by atoms with Gasteiger partial charge in [0.2, 0.25) is 5.91 Å². The van der Waals surface area contributed by atoms with Gasteiger partial charge in [0.15, 0.2) is 0 Å². The Morgan fingerprint density at radius 1 is 1.18 bits per heavy atom. The summed E-state index contributed by atoms with van der Waals surface area (Å²) in [4.78, 5) is 16.5. The lowest BCUT2D eigenvalue weighted by Crippen LogP contribution is -2.14. The number of carbonyl (C=O) groups excluding carboxylic acids is 1. The molecule has 1 aromatic carbocycles. The minimum atomic E-state index is -0.138. The highest BCUT2D eigenvalue weighted by molar-refractivity contribution is 7.14. The minimum Gasteiger partial charge on any atom is -0.326 e. The second-order valence-corrected chi connectivity index (χ2v) is 6.96. The predicted octanol–water partition coefficient (Wildman–Crippen LogP) is 5.36. The number of hydrogen-bond donors (Lipinski definition) is 1. The number of amides is 1. The molecule has 3 nitrogen and oxygen atoms in total. The number of nitrogens with one attached hydrogen (secondary N) is 1. The van der Waals surface area contributed by atoms with Crippen molar-refractivity contribution in [2.45, 2.75) is 6.42 Å². The van der Waals surface area contributed by atoms with Crippen molar-refractivity contribution < 1.29 is 4.79 Å². The third kappa shape index (κ3) is 3.67. The molecule has 0 aliphatic heterocycles. The molecule has 0 saturated carbocycles. The van der Waals surface area contributed by atoms with E-state index in [-0.39, 0.29) is 12.3 Å². The first-order valence-corrected chi connectivity index (χ1v) is 8.91. The SMILES string of the molecule is O=C(Cc1csc(-c2ccsc2)n1)Nc1ccc(Cl)c(Cl)c1. The Bertz CT molecular complexity index is 800. The highest BCUT2D eigenvalue weighted by atomic mass is 35.5. The highest BCUT2D eigenvalue weighted by Crippen LogP contribution is 2.27. The maximum absolute atomic E-state index is 12.1. The van der Waals surface area contributed by atoms with Gasteiger partial charge in [-0.15, -0.1) is 11.3 Å². The maximum Gasteiger partial charge on any atom is 0.230 e. The van der Waals surface area contributed by atoms with Gasteiger partial charge in [-0.3, -0.25) is 4.79 Å². The summed E-state index contributed by atoms with van der Waals surface area (Å²) in [6.07, 6.45) is 0.223. The van der Waals surface area contributed by atoms with E-state index in [9.17, 15) is 4.79 Å². The Morgan fingerprint density at radius 2 is 2.05 bits per heavy atom. The molecule has 2 heterocycles. The summed E-state index contributed by atoms with van der Waals surface area (Å²) in [7, 11) is 0. The van der Waals surface area contributed by atoms with E-state index in [0.717, 1.165) is 16.3 Å².